The van der Waals surface area contributed by atoms with Crippen LogP contribution in [0.2, 0.25) is 0 Å². The Morgan fingerprint density at radius 2 is 1.89 bits per heavy atom. The van der Waals surface area contributed by atoms with Crippen molar-refractivity contribution in [2.45, 2.75) is 51.0 Å². The second-order valence-electron chi connectivity index (χ2n) is 10.5. The van der Waals surface area contributed by atoms with Gasteiger partial charge in [-0.2, -0.15) is 0 Å². The third kappa shape index (κ3) is 5.18. The first-order valence-corrected chi connectivity index (χ1v) is 13.7. The number of fused-ring (bicyclic) bond motifs is 4. The van der Waals surface area contributed by atoms with E-state index >= 15 is 0 Å². The van der Waals surface area contributed by atoms with Crippen molar-refractivity contribution in [3.05, 3.63) is 63.5 Å². The molecule has 0 bridgehead atoms. The molecule has 2 saturated heterocycles. The smallest absolute Gasteiger partial charge is 0.160 e. The summed E-state index contributed by atoms with van der Waals surface area (Å²) in [6, 6.07) is 9.89. The van der Waals surface area contributed by atoms with E-state index < -0.39 is 0 Å². The number of aromatic hydroxyl groups is 1. The molecule has 6 heteroatoms. The van der Waals surface area contributed by atoms with Gasteiger partial charge in [0.05, 0.1) is 19.3 Å². The second kappa shape index (κ2) is 10.7. The predicted octanol–water partition coefficient (Wildman–Crippen LogP) is 3.57. The molecule has 0 spiro atoms. The third-order valence-electron chi connectivity index (χ3n) is 7.95. The molecule has 2 aromatic rings. The largest absolute Gasteiger partial charge is 0.507 e. The summed E-state index contributed by atoms with van der Waals surface area (Å²) < 4.78 is 18.3. The van der Waals surface area contributed by atoms with E-state index in [1.807, 2.05) is 12.1 Å². The van der Waals surface area contributed by atoms with Gasteiger partial charge in [-0.25, -0.2) is 0 Å². The highest BCUT2D eigenvalue weighted by molar-refractivity contribution is 5.97. The molecule has 6 rings (SSSR count). The van der Waals surface area contributed by atoms with Gasteiger partial charge >= 0.3 is 0 Å². The van der Waals surface area contributed by atoms with E-state index in [0.717, 1.165) is 52.0 Å². The van der Waals surface area contributed by atoms with Gasteiger partial charge < -0.3 is 19.3 Å². The lowest BCUT2D eigenvalue weighted by atomic mass is 9.91. The number of ether oxygens (including phenoxy) is 3. The maximum atomic E-state index is 12.9. The molecule has 37 heavy (non-hydrogen) atoms. The van der Waals surface area contributed by atoms with Gasteiger partial charge in [0.15, 0.2) is 5.78 Å². The van der Waals surface area contributed by atoms with Crippen LogP contribution in [-0.4, -0.2) is 55.2 Å². The quantitative estimate of drug-likeness (QED) is 0.676. The van der Waals surface area contributed by atoms with Crippen LogP contribution in [0, 0.1) is 0 Å². The van der Waals surface area contributed by atoms with Crippen LogP contribution >= 0.6 is 0 Å². The van der Waals surface area contributed by atoms with Gasteiger partial charge in [-0.3, -0.25) is 9.69 Å². The molecular formula is C31H35NO5. The third-order valence-corrected chi connectivity index (χ3v) is 7.95. The lowest BCUT2D eigenvalue weighted by Gasteiger charge is -2.28. The minimum absolute atomic E-state index is 0.0297. The van der Waals surface area contributed by atoms with Crippen molar-refractivity contribution in [1.29, 1.82) is 0 Å². The first-order chi connectivity index (χ1) is 18.2. The Labute approximate surface area is 217 Å². The molecule has 1 atom stereocenters. The summed E-state index contributed by atoms with van der Waals surface area (Å²) in [4.78, 5) is 15.4. The number of ketones is 1. The Balaban J connectivity index is 1.18. The Hall–Kier alpha value is -3.09. The molecule has 1 N–H and O–H groups in total. The van der Waals surface area contributed by atoms with E-state index in [9.17, 15) is 9.90 Å². The van der Waals surface area contributed by atoms with Crippen LogP contribution in [0.15, 0.2) is 42.0 Å². The Kier molecular flexibility index (Phi) is 7.03. The summed E-state index contributed by atoms with van der Waals surface area (Å²) in [7, 11) is 0. The fraction of sp³-hybridized carbons (Fsp3) is 0.452. The molecule has 0 amide bonds. The first-order valence-electron chi connectivity index (χ1n) is 13.7. The summed E-state index contributed by atoms with van der Waals surface area (Å²) >= 11 is 0. The zero-order chi connectivity index (χ0) is 25.2. The number of allylic oxidation sites excluding steroid dienone is 1. The van der Waals surface area contributed by atoms with Gasteiger partial charge in [-0.05, 0) is 66.9 Å². The van der Waals surface area contributed by atoms with Crippen LogP contribution in [0.25, 0.3) is 11.6 Å². The lowest BCUT2D eigenvalue weighted by molar-refractivity contribution is -0.114. The number of phenols is 1. The number of benzene rings is 2. The summed E-state index contributed by atoms with van der Waals surface area (Å²) in [5.74, 6) is 1.81. The molecule has 4 aliphatic rings. The molecule has 0 unspecified atom stereocenters. The van der Waals surface area contributed by atoms with Gasteiger partial charge in [0.2, 0.25) is 0 Å². The Morgan fingerprint density at radius 1 is 1.08 bits per heavy atom. The highest BCUT2D eigenvalue weighted by Crippen LogP contribution is 2.37. The predicted molar refractivity (Wildman–Crippen MR) is 142 cm³/mol. The fourth-order valence-electron chi connectivity index (χ4n) is 6.03. The Morgan fingerprint density at radius 3 is 2.70 bits per heavy atom. The SMILES string of the molecule is O=C1C=C2C[C@H](c3ccc(OCCN4CCCCCC4)cc3)OCC2=c2c(O)cc3c(c2C1)OCCC=3. The lowest BCUT2D eigenvalue weighted by Crippen LogP contribution is -2.29. The van der Waals surface area contributed by atoms with Crippen LogP contribution < -0.4 is 19.9 Å². The normalized spacial score (nSPS) is 21.8. The van der Waals surface area contributed by atoms with E-state index in [1.165, 1.54) is 38.8 Å². The van der Waals surface area contributed by atoms with Crippen LogP contribution in [0.1, 0.15) is 55.8 Å². The van der Waals surface area contributed by atoms with Crippen molar-refractivity contribution >= 4 is 17.4 Å². The Bertz CT molecular complexity index is 1320. The van der Waals surface area contributed by atoms with Crippen molar-refractivity contribution in [2.24, 2.45) is 0 Å². The topological polar surface area (TPSA) is 68.2 Å². The highest BCUT2D eigenvalue weighted by Gasteiger charge is 2.29. The van der Waals surface area contributed by atoms with Gasteiger partial charge in [-0.15, -0.1) is 0 Å². The number of hydrogen-bond acceptors (Lipinski definition) is 6. The maximum absolute atomic E-state index is 12.9. The summed E-state index contributed by atoms with van der Waals surface area (Å²) in [6.45, 7) is 4.94. The molecule has 0 aromatic heterocycles. The molecule has 6 nitrogen and oxygen atoms in total. The van der Waals surface area contributed by atoms with E-state index in [0.29, 0.717) is 31.5 Å². The minimum atomic E-state index is -0.153. The summed E-state index contributed by atoms with van der Waals surface area (Å²) in [5, 5.41) is 12.5. The average Bonchev–Trinajstić information content (AvgIpc) is 3.26. The molecule has 0 radical (unpaired) electrons. The zero-order valence-electron chi connectivity index (χ0n) is 21.3. The molecule has 1 aliphatic carbocycles. The molecule has 194 valence electrons. The number of likely N-dealkylation sites (tertiary alicyclic amines) is 1. The van der Waals surface area contributed by atoms with Gasteiger partial charge in [-0.1, -0.05) is 31.1 Å². The first kappa shape index (κ1) is 24.3. The van der Waals surface area contributed by atoms with Crippen LogP contribution in [0.3, 0.4) is 0 Å². The number of rotatable bonds is 5. The molecule has 2 fully saturated rings. The van der Waals surface area contributed by atoms with Gasteiger partial charge in [0.1, 0.15) is 23.9 Å². The number of phenolic OH excluding ortho intramolecular Hbond substituents is 1. The number of carbonyl (C=O) groups is 1. The van der Waals surface area contributed by atoms with E-state index in [-0.39, 0.29) is 24.1 Å². The van der Waals surface area contributed by atoms with Crippen molar-refractivity contribution in [1.82, 2.24) is 4.90 Å². The highest BCUT2D eigenvalue weighted by atomic mass is 16.5. The van der Waals surface area contributed by atoms with Crippen molar-refractivity contribution in [2.75, 3.05) is 39.5 Å². The maximum Gasteiger partial charge on any atom is 0.160 e. The second-order valence-corrected chi connectivity index (χ2v) is 10.5. The monoisotopic (exact) mass is 501 g/mol. The standard InChI is InChI=1S/C31H35NO5/c33-24-16-23-18-29(21-7-9-25(10-8-21)35-15-13-32-11-3-1-2-4-12-32)37-20-27(23)30-26(19-24)31-22(17-28(30)34)6-5-14-36-31/h6-10,16-17,29,34H,1-5,11-15,18-20H2/t29-/m1/s1. The van der Waals surface area contributed by atoms with Crippen molar-refractivity contribution in [3.8, 4) is 17.2 Å². The molecule has 3 heterocycles. The van der Waals surface area contributed by atoms with E-state index in [1.54, 1.807) is 12.1 Å². The van der Waals surface area contributed by atoms with E-state index in [2.05, 4.69) is 23.1 Å². The van der Waals surface area contributed by atoms with Crippen molar-refractivity contribution < 1.29 is 24.1 Å². The van der Waals surface area contributed by atoms with E-state index in [4.69, 9.17) is 14.2 Å². The summed E-state index contributed by atoms with van der Waals surface area (Å²) in [6.07, 6.45) is 10.5. The number of nitrogens with zero attached hydrogens (tertiary/aromatic N) is 1. The van der Waals surface area contributed by atoms with Gasteiger partial charge in [0, 0.05) is 41.8 Å². The van der Waals surface area contributed by atoms with Crippen LogP contribution in [-0.2, 0) is 16.0 Å². The number of carbonyl (C=O) groups excluding carboxylic acids is 1. The average molecular weight is 502 g/mol. The fourth-order valence-corrected chi connectivity index (χ4v) is 6.03. The van der Waals surface area contributed by atoms with Crippen LogP contribution in [0.5, 0.6) is 17.2 Å². The van der Waals surface area contributed by atoms with Crippen LogP contribution in [0.4, 0.5) is 0 Å². The van der Waals surface area contributed by atoms with Crippen molar-refractivity contribution in [3.63, 3.8) is 0 Å². The molecule has 2 aromatic carbocycles. The summed E-state index contributed by atoms with van der Waals surface area (Å²) in [5.41, 5.74) is 3.66. The number of hydrogen-bond donors (Lipinski definition) is 1. The molecular weight excluding hydrogens is 466 g/mol. The zero-order valence-corrected chi connectivity index (χ0v) is 21.3. The van der Waals surface area contributed by atoms with Gasteiger partial charge in [0.25, 0.3) is 0 Å². The minimum Gasteiger partial charge on any atom is -0.507 e. The molecule has 0 saturated carbocycles. The molecule has 3 aliphatic heterocycles.